The number of amides is 1. The van der Waals surface area contributed by atoms with E-state index in [9.17, 15) is 17.6 Å². The Morgan fingerprint density at radius 1 is 0.929 bits per heavy atom. The predicted octanol–water partition coefficient (Wildman–Crippen LogP) is 3.48. The first-order chi connectivity index (χ1) is 13.4. The predicted molar refractivity (Wildman–Crippen MR) is 104 cm³/mol. The molecule has 0 bridgehead atoms. The van der Waals surface area contributed by atoms with Gasteiger partial charge in [0.15, 0.2) is 0 Å². The Labute approximate surface area is 161 Å². The molecule has 0 aromatic heterocycles. The number of fused-ring (bicyclic) bond motifs is 1. The number of halogens is 1. The van der Waals surface area contributed by atoms with Crippen molar-refractivity contribution in [2.24, 2.45) is 0 Å². The lowest BCUT2D eigenvalue weighted by Crippen LogP contribution is -2.38. The molecule has 1 amide bonds. The molecular weight excluding hydrogens is 381 g/mol. The normalized spacial score (nSPS) is 17.2. The topological polar surface area (TPSA) is 87.3 Å². The Morgan fingerprint density at radius 2 is 1.61 bits per heavy atom. The molecule has 3 aromatic carbocycles. The van der Waals surface area contributed by atoms with Gasteiger partial charge in [-0.25, -0.2) is 12.8 Å². The smallest absolute Gasteiger partial charge is 0.255 e. The number of carbonyl (C=O) groups is 1. The van der Waals surface area contributed by atoms with Gasteiger partial charge in [0.1, 0.15) is 16.9 Å². The van der Waals surface area contributed by atoms with Crippen LogP contribution in [0.4, 0.5) is 15.8 Å². The van der Waals surface area contributed by atoms with E-state index in [1.807, 2.05) is 0 Å². The summed E-state index contributed by atoms with van der Waals surface area (Å²) in [6, 6.07) is 18.7. The van der Waals surface area contributed by atoms with Crippen molar-refractivity contribution in [1.82, 2.24) is 4.72 Å². The molecule has 6 nitrogen and oxygen atoms in total. The number of hydrogen-bond donors (Lipinski definition) is 3. The minimum absolute atomic E-state index is 0.196. The number of sulfonamides is 1. The lowest BCUT2D eigenvalue weighted by Gasteiger charge is -2.28. The molecule has 0 saturated heterocycles. The highest BCUT2D eigenvalue weighted by Crippen LogP contribution is 2.30. The van der Waals surface area contributed by atoms with Crippen LogP contribution in [-0.4, -0.2) is 14.3 Å². The molecule has 0 saturated carbocycles. The van der Waals surface area contributed by atoms with Crippen LogP contribution in [0.3, 0.4) is 0 Å². The third-order valence-electron chi connectivity index (χ3n) is 4.36. The molecular formula is C20H16FN3O3S. The van der Waals surface area contributed by atoms with Crippen LogP contribution >= 0.6 is 0 Å². The van der Waals surface area contributed by atoms with Gasteiger partial charge in [-0.1, -0.05) is 24.3 Å². The summed E-state index contributed by atoms with van der Waals surface area (Å²) in [5.74, 6) is -0.730. The Hall–Kier alpha value is -3.23. The molecule has 1 aliphatic heterocycles. The highest BCUT2D eigenvalue weighted by atomic mass is 32.2. The van der Waals surface area contributed by atoms with Crippen LogP contribution < -0.4 is 15.4 Å². The lowest BCUT2D eigenvalue weighted by molar-refractivity contribution is 0.102. The van der Waals surface area contributed by atoms with Crippen LogP contribution in [0, 0.1) is 5.82 Å². The number of para-hydroxylation sites is 1. The van der Waals surface area contributed by atoms with E-state index in [-0.39, 0.29) is 16.6 Å². The third kappa shape index (κ3) is 3.60. The Kier molecular flexibility index (Phi) is 4.58. The summed E-state index contributed by atoms with van der Waals surface area (Å²) in [6.45, 7) is 0. The number of anilines is 2. The van der Waals surface area contributed by atoms with E-state index in [2.05, 4.69) is 15.4 Å². The molecule has 1 aliphatic rings. The zero-order valence-corrected chi connectivity index (χ0v) is 15.3. The second-order valence-electron chi connectivity index (χ2n) is 6.28. The van der Waals surface area contributed by atoms with Crippen LogP contribution in [-0.2, 0) is 10.0 Å². The average Bonchev–Trinajstić information content (AvgIpc) is 2.69. The number of nitrogens with one attached hydrogen (secondary N) is 3. The van der Waals surface area contributed by atoms with Crippen molar-refractivity contribution in [3.8, 4) is 0 Å². The van der Waals surface area contributed by atoms with Crippen LogP contribution in [0.1, 0.15) is 22.1 Å². The second-order valence-corrected chi connectivity index (χ2v) is 7.96. The Bertz CT molecular complexity index is 1130. The monoisotopic (exact) mass is 397 g/mol. The van der Waals surface area contributed by atoms with Gasteiger partial charge in [-0.2, -0.15) is 4.72 Å². The first-order valence-electron chi connectivity index (χ1n) is 8.47. The largest absolute Gasteiger partial charge is 0.364 e. The molecule has 1 unspecified atom stereocenters. The van der Waals surface area contributed by atoms with Gasteiger partial charge in [-0.15, -0.1) is 0 Å². The number of carbonyl (C=O) groups excluding carboxylic acids is 1. The van der Waals surface area contributed by atoms with Crippen LogP contribution in [0.2, 0.25) is 0 Å². The van der Waals surface area contributed by atoms with Crippen LogP contribution in [0.25, 0.3) is 0 Å². The van der Waals surface area contributed by atoms with Crippen molar-refractivity contribution in [2.75, 3.05) is 10.6 Å². The molecule has 0 radical (unpaired) electrons. The standard InChI is InChI=1S/C20H16FN3O3S/c21-15-9-11-16(12-10-15)22-20(25)14-7-5-13(6-8-14)19-23-17-3-1-2-4-18(17)28(26,27)24-19/h1-12,19,23-24H,(H,22,25). The van der Waals surface area contributed by atoms with Crippen molar-refractivity contribution in [3.05, 3.63) is 89.7 Å². The molecule has 0 aliphatic carbocycles. The van der Waals surface area contributed by atoms with Gasteiger partial charge in [0.25, 0.3) is 5.91 Å². The van der Waals surface area contributed by atoms with Gasteiger partial charge < -0.3 is 10.6 Å². The minimum Gasteiger partial charge on any atom is -0.364 e. The Balaban J connectivity index is 1.52. The van der Waals surface area contributed by atoms with Crippen molar-refractivity contribution < 1.29 is 17.6 Å². The fraction of sp³-hybridized carbons (Fsp3) is 0.0500. The molecule has 3 aromatic rings. The molecule has 4 rings (SSSR count). The average molecular weight is 397 g/mol. The number of hydrogen-bond acceptors (Lipinski definition) is 4. The molecule has 1 heterocycles. The van der Waals surface area contributed by atoms with E-state index >= 15 is 0 Å². The third-order valence-corrected chi connectivity index (χ3v) is 5.84. The SMILES string of the molecule is O=C(Nc1ccc(F)cc1)c1ccc(C2Nc3ccccc3S(=O)(=O)N2)cc1. The minimum atomic E-state index is -3.63. The summed E-state index contributed by atoms with van der Waals surface area (Å²) in [7, 11) is -3.63. The molecule has 0 fully saturated rings. The van der Waals surface area contributed by atoms with Crippen LogP contribution in [0.15, 0.2) is 77.7 Å². The maximum atomic E-state index is 12.9. The van der Waals surface area contributed by atoms with E-state index in [0.29, 0.717) is 22.5 Å². The quantitative estimate of drug-likeness (QED) is 0.632. The van der Waals surface area contributed by atoms with Gasteiger partial charge in [0.05, 0.1) is 5.69 Å². The van der Waals surface area contributed by atoms with E-state index in [1.165, 1.54) is 30.3 Å². The second kappa shape index (κ2) is 7.06. The maximum absolute atomic E-state index is 12.9. The highest BCUT2D eigenvalue weighted by molar-refractivity contribution is 7.89. The molecule has 8 heteroatoms. The first kappa shape index (κ1) is 18.1. The van der Waals surface area contributed by atoms with E-state index in [0.717, 1.165) is 0 Å². The van der Waals surface area contributed by atoms with Gasteiger partial charge >= 0.3 is 0 Å². The van der Waals surface area contributed by atoms with Crippen molar-refractivity contribution in [3.63, 3.8) is 0 Å². The summed E-state index contributed by atoms with van der Waals surface area (Å²) in [5.41, 5.74) is 2.06. The lowest BCUT2D eigenvalue weighted by atomic mass is 10.1. The zero-order chi connectivity index (χ0) is 19.7. The van der Waals surface area contributed by atoms with Gasteiger partial charge in [-0.3, -0.25) is 4.79 Å². The number of benzene rings is 3. The summed E-state index contributed by atoms with van der Waals surface area (Å²) in [5, 5.41) is 5.81. The molecule has 28 heavy (non-hydrogen) atoms. The van der Waals surface area contributed by atoms with Crippen LogP contribution in [0.5, 0.6) is 0 Å². The molecule has 1 atom stereocenters. The molecule has 0 spiro atoms. The highest BCUT2D eigenvalue weighted by Gasteiger charge is 2.29. The first-order valence-corrected chi connectivity index (χ1v) is 9.95. The van der Waals surface area contributed by atoms with Gasteiger partial charge in [0, 0.05) is 11.3 Å². The summed E-state index contributed by atoms with van der Waals surface area (Å²) in [6.07, 6.45) is -0.644. The van der Waals surface area contributed by atoms with Gasteiger partial charge in [-0.05, 0) is 54.1 Å². The van der Waals surface area contributed by atoms with Crippen molar-refractivity contribution >= 4 is 27.3 Å². The number of rotatable bonds is 3. The summed E-state index contributed by atoms with van der Waals surface area (Å²) < 4.78 is 40.4. The maximum Gasteiger partial charge on any atom is 0.255 e. The molecule has 3 N–H and O–H groups in total. The van der Waals surface area contributed by atoms with E-state index in [4.69, 9.17) is 0 Å². The summed E-state index contributed by atoms with van der Waals surface area (Å²) in [4.78, 5) is 12.5. The fourth-order valence-corrected chi connectivity index (χ4v) is 4.25. The Morgan fingerprint density at radius 3 is 2.32 bits per heavy atom. The van der Waals surface area contributed by atoms with Crippen molar-refractivity contribution in [2.45, 2.75) is 11.1 Å². The van der Waals surface area contributed by atoms with E-state index < -0.39 is 16.2 Å². The van der Waals surface area contributed by atoms with E-state index in [1.54, 1.807) is 42.5 Å². The fourth-order valence-electron chi connectivity index (χ4n) is 2.94. The van der Waals surface area contributed by atoms with Crippen molar-refractivity contribution in [1.29, 1.82) is 0 Å². The summed E-state index contributed by atoms with van der Waals surface area (Å²) >= 11 is 0. The zero-order valence-electron chi connectivity index (χ0n) is 14.5. The molecule has 142 valence electrons. The van der Waals surface area contributed by atoms with Gasteiger partial charge in [0.2, 0.25) is 10.0 Å².